The third-order valence-electron chi connectivity index (χ3n) is 2.32. The first-order chi connectivity index (χ1) is 7.25. The Bertz CT molecular complexity index is 335. The Labute approximate surface area is 87.4 Å². The summed E-state index contributed by atoms with van der Waals surface area (Å²) in [4.78, 5) is 0. The smallest absolute Gasteiger partial charge is 0.199 e. The maximum absolute atomic E-state index is 13.0. The molecule has 0 aliphatic carbocycles. The minimum absolute atomic E-state index is 0.289. The molecule has 1 aliphatic rings. The number of hydrogen-bond acceptors (Lipinski definition) is 3. The monoisotopic (exact) mass is 212 g/mol. The van der Waals surface area contributed by atoms with E-state index in [1.807, 2.05) is 0 Å². The summed E-state index contributed by atoms with van der Waals surface area (Å²) >= 11 is 0. The number of hydrogen-bond donors (Lipinski definition) is 1. The van der Waals surface area contributed by atoms with Crippen molar-refractivity contribution in [3.8, 4) is 11.5 Å². The number of benzene rings is 1. The molecule has 1 atom stereocenters. The molecule has 0 saturated carbocycles. The highest BCUT2D eigenvalue weighted by molar-refractivity contribution is 5.32. The van der Waals surface area contributed by atoms with Crippen molar-refractivity contribution in [1.29, 1.82) is 0 Å². The first kappa shape index (κ1) is 10.2. The first-order valence-electron chi connectivity index (χ1n) is 5.02. The quantitative estimate of drug-likeness (QED) is 0.818. The van der Waals surface area contributed by atoms with Crippen LogP contribution in [0.25, 0.3) is 0 Å². The second kappa shape index (κ2) is 4.49. The molecule has 1 aromatic carbocycles. The first-order valence-corrected chi connectivity index (χ1v) is 5.02. The van der Waals surface area contributed by atoms with Crippen LogP contribution in [0.5, 0.6) is 11.5 Å². The second-order valence-corrected chi connectivity index (χ2v) is 3.53. The van der Waals surface area contributed by atoms with E-state index in [-0.39, 0.29) is 12.0 Å². The fourth-order valence-electron chi connectivity index (χ4n) is 1.52. The van der Waals surface area contributed by atoms with Crippen molar-refractivity contribution < 1.29 is 19.0 Å². The molecule has 3 nitrogen and oxygen atoms in total. The molecular weight excluding hydrogens is 199 g/mol. The van der Waals surface area contributed by atoms with Crippen molar-refractivity contribution in [3.05, 3.63) is 24.0 Å². The van der Waals surface area contributed by atoms with Gasteiger partial charge in [0.2, 0.25) is 0 Å². The van der Waals surface area contributed by atoms with Crippen LogP contribution in [0.3, 0.4) is 0 Å². The lowest BCUT2D eigenvalue weighted by Gasteiger charge is -2.23. The number of phenolic OH excluding ortho intramolecular Hbond substituents is 1. The number of aromatic hydroxyl groups is 1. The lowest BCUT2D eigenvalue weighted by molar-refractivity contribution is -0.106. The molecule has 2 rings (SSSR count). The van der Waals surface area contributed by atoms with Gasteiger partial charge in [-0.15, -0.1) is 0 Å². The summed E-state index contributed by atoms with van der Waals surface area (Å²) < 4.78 is 23.7. The molecule has 15 heavy (non-hydrogen) atoms. The Morgan fingerprint density at radius 1 is 1.40 bits per heavy atom. The molecule has 0 radical (unpaired) electrons. The molecule has 0 bridgehead atoms. The molecule has 0 unspecified atom stereocenters. The molecule has 1 N–H and O–H groups in total. The van der Waals surface area contributed by atoms with E-state index in [0.29, 0.717) is 12.4 Å². The van der Waals surface area contributed by atoms with Gasteiger partial charge in [0.25, 0.3) is 0 Å². The third kappa shape index (κ3) is 2.59. The van der Waals surface area contributed by atoms with Gasteiger partial charge < -0.3 is 14.6 Å². The molecule has 1 saturated heterocycles. The van der Waals surface area contributed by atoms with Gasteiger partial charge in [-0.05, 0) is 25.0 Å². The molecule has 0 amide bonds. The Balaban J connectivity index is 2.00. The van der Waals surface area contributed by atoms with Crippen LogP contribution in [0, 0.1) is 5.82 Å². The molecule has 1 aromatic rings. The summed E-state index contributed by atoms with van der Waals surface area (Å²) in [5.41, 5.74) is 0. The van der Waals surface area contributed by atoms with E-state index in [4.69, 9.17) is 14.6 Å². The van der Waals surface area contributed by atoms with E-state index in [9.17, 15) is 4.39 Å². The zero-order valence-corrected chi connectivity index (χ0v) is 8.28. The largest absolute Gasteiger partial charge is 0.505 e. The Morgan fingerprint density at radius 2 is 2.27 bits per heavy atom. The topological polar surface area (TPSA) is 38.7 Å². The zero-order valence-electron chi connectivity index (χ0n) is 8.28. The zero-order chi connectivity index (χ0) is 10.7. The fourth-order valence-corrected chi connectivity index (χ4v) is 1.52. The van der Waals surface area contributed by atoms with Gasteiger partial charge in [0.1, 0.15) is 5.75 Å². The van der Waals surface area contributed by atoms with E-state index >= 15 is 0 Å². The summed E-state index contributed by atoms with van der Waals surface area (Å²) in [5.74, 6) is -0.660. The number of rotatable bonds is 2. The molecule has 82 valence electrons. The van der Waals surface area contributed by atoms with Gasteiger partial charge in [0, 0.05) is 12.5 Å². The van der Waals surface area contributed by atoms with Gasteiger partial charge in [0.15, 0.2) is 17.9 Å². The van der Waals surface area contributed by atoms with E-state index in [1.54, 1.807) is 0 Å². The van der Waals surface area contributed by atoms with Crippen LogP contribution >= 0.6 is 0 Å². The second-order valence-electron chi connectivity index (χ2n) is 3.53. The van der Waals surface area contributed by atoms with Crippen LogP contribution in [0.1, 0.15) is 19.3 Å². The van der Waals surface area contributed by atoms with Crippen molar-refractivity contribution >= 4 is 0 Å². The average Bonchev–Trinajstić information content (AvgIpc) is 2.25. The Kier molecular flexibility index (Phi) is 3.06. The van der Waals surface area contributed by atoms with Gasteiger partial charge in [-0.25, -0.2) is 4.39 Å². The highest BCUT2D eigenvalue weighted by atomic mass is 19.1. The summed E-state index contributed by atoms with van der Waals surface area (Å²) in [5, 5.41) is 8.99. The molecule has 0 spiro atoms. The predicted molar refractivity (Wildman–Crippen MR) is 52.3 cm³/mol. The van der Waals surface area contributed by atoms with Crippen molar-refractivity contribution in [2.45, 2.75) is 25.6 Å². The van der Waals surface area contributed by atoms with E-state index in [0.717, 1.165) is 25.3 Å². The molecule has 0 aromatic heterocycles. The highest BCUT2D eigenvalue weighted by Crippen LogP contribution is 2.24. The van der Waals surface area contributed by atoms with Crippen molar-refractivity contribution in [2.24, 2.45) is 0 Å². The lowest BCUT2D eigenvalue weighted by Crippen LogP contribution is -2.24. The van der Waals surface area contributed by atoms with Gasteiger partial charge in [-0.1, -0.05) is 0 Å². The van der Waals surface area contributed by atoms with E-state index in [1.165, 1.54) is 12.1 Å². The number of phenols is 1. The standard InChI is InChI=1S/C11H13FO3/c12-9-7-8(4-5-10(9)13)15-11-3-1-2-6-14-11/h4-5,7,11,13H,1-3,6H2/t11-/m1/s1. The minimum Gasteiger partial charge on any atom is -0.505 e. The summed E-state index contributed by atoms with van der Waals surface area (Å²) in [7, 11) is 0. The van der Waals surface area contributed by atoms with Gasteiger partial charge >= 0.3 is 0 Å². The predicted octanol–water partition coefficient (Wildman–Crippen LogP) is 2.44. The van der Waals surface area contributed by atoms with Gasteiger partial charge in [-0.3, -0.25) is 0 Å². The van der Waals surface area contributed by atoms with Crippen LogP contribution in [-0.4, -0.2) is 18.0 Å². The third-order valence-corrected chi connectivity index (χ3v) is 2.32. The summed E-state index contributed by atoms with van der Waals surface area (Å²) in [6.07, 6.45) is 2.64. The maximum atomic E-state index is 13.0. The van der Waals surface area contributed by atoms with E-state index in [2.05, 4.69) is 0 Å². The van der Waals surface area contributed by atoms with Crippen LogP contribution in [0.2, 0.25) is 0 Å². The van der Waals surface area contributed by atoms with Crippen molar-refractivity contribution in [2.75, 3.05) is 6.61 Å². The number of halogens is 1. The van der Waals surface area contributed by atoms with Gasteiger partial charge in [-0.2, -0.15) is 0 Å². The van der Waals surface area contributed by atoms with Crippen LogP contribution in [-0.2, 0) is 4.74 Å². The van der Waals surface area contributed by atoms with Gasteiger partial charge in [0.05, 0.1) is 6.61 Å². The van der Waals surface area contributed by atoms with Crippen LogP contribution in [0.4, 0.5) is 4.39 Å². The summed E-state index contributed by atoms with van der Waals surface area (Å²) in [6, 6.07) is 3.96. The molecule has 1 aliphatic heterocycles. The van der Waals surface area contributed by atoms with Crippen molar-refractivity contribution in [3.63, 3.8) is 0 Å². The number of ether oxygens (including phenoxy) is 2. The molecule has 1 fully saturated rings. The van der Waals surface area contributed by atoms with Crippen molar-refractivity contribution in [1.82, 2.24) is 0 Å². The molecule has 4 heteroatoms. The van der Waals surface area contributed by atoms with Crippen LogP contribution in [0.15, 0.2) is 18.2 Å². The summed E-state index contributed by atoms with van der Waals surface area (Å²) in [6.45, 7) is 0.686. The lowest BCUT2D eigenvalue weighted by atomic mass is 10.2. The minimum atomic E-state index is -0.677. The fraction of sp³-hybridized carbons (Fsp3) is 0.455. The normalized spacial score (nSPS) is 21.3. The Hall–Kier alpha value is -1.29. The van der Waals surface area contributed by atoms with E-state index < -0.39 is 5.82 Å². The SMILES string of the molecule is Oc1ccc(O[C@@H]2CCCCO2)cc1F. The highest BCUT2D eigenvalue weighted by Gasteiger charge is 2.15. The average molecular weight is 212 g/mol. The molecular formula is C11H13FO3. The van der Waals surface area contributed by atoms with Crippen LogP contribution < -0.4 is 4.74 Å². The maximum Gasteiger partial charge on any atom is 0.199 e. The Morgan fingerprint density at radius 3 is 2.93 bits per heavy atom. The molecule has 1 heterocycles.